The van der Waals surface area contributed by atoms with Crippen molar-refractivity contribution in [1.29, 1.82) is 0 Å². The maximum absolute atomic E-state index is 14.1. The van der Waals surface area contributed by atoms with E-state index in [2.05, 4.69) is 55.6 Å². The zero-order chi connectivity index (χ0) is 44.3. The van der Waals surface area contributed by atoms with E-state index in [1.165, 1.54) is 4.68 Å². The molecule has 0 bridgehead atoms. The van der Waals surface area contributed by atoms with Crippen LogP contribution in [0.25, 0.3) is 0 Å². The number of guanidine groups is 1. The number of nitrogens with zero attached hydrogens (tertiary/aromatic N) is 13. The first-order valence-electron chi connectivity index (χ1n) is 21.4. The van der Waals surface area contributed by atoms with Gasteiger partial charge >= 0.3 is 5.96 Å². The van der Waals surface area contributed by atoms with E-state index in [9.17, 15) is 14.7 Å². The molecule has 1 unspecified atom stereocenters. The Labute approximate surface area is 362 Å². The molecule has 0 aromatic carbocycles. The number of aromatic nitrogens is 9. The van der Waals surface area contributed by atoms with Crippen LogP contribution in [0.5, 0.6) is 0 Å². The van der Waals surface area contributed by atoms with Gasteiger partial charge in [-0.1, -0.05) is 36.6 Å². The molecule has 0 spiro atoms. The highest BCUT2D eigenvalue weighted by atomic mass is 16.5. The molecule has 2 saturated heterocycles. The molecule has 2 aliphatic rings. The number of nitrogens with one attached hydrogen (secondary N) is 2. The molecule has 340 valence electrons. The molecule has 62 heavy (non-hydrogen) atoms. The fourth-order valence-electron chi connectivity index (χ4n) is 6.95. The van der Waals surface area contributed by atoms with Gasteiger partial charge in [-0.2, -0.15) is 15.0 Å². The molecular formula is C39H64N17O6+. The SMILES string of the molecule is C#CCOCCOCCOCCNc1nc(N2CCN(C(=O)Cn3cc(CC(C)O)nn3)CC2)nc(N2CCN(C(=O)[C@H]([C@@H](C)CC)n3cc(CCC[NH+]=C(N)N)nn3)CC2)n1. The Kier molecular flexibility index (Phi) is 18.8. The van der Waals surface area contributed by atoms with Crippen LogP contribution in [0.15, 0.2) is 12.4 Å². The van der Waals surface area contributed by atoms with Crippen molar-refractivity contribution in [2.24, 2.45) is 17.4 Å². The Hall–Kier alpha value is -5.70. The third-order valence-corrected chi connectivity index (χ3v) is 10.5. The zero-order valence-electron chi connectivity index (χ0n) is 36.3. The van der Waals surface area contributed by atoms with Crippen LogP contribution in [0.1, 0.15) is 51.0 Å². The maximum Gasteiger partial charge on any atom is 0.338 e. The van der Waals surface area contributed by atoms with Crippen LogP contribution in [-0.4, -0.2) is 189 Å². The van der Waals surface area contributed by atoms with Crippen LogP contribution in [0.4, 0.5) is 17.8 Å². The van der Waals surface area contributed by atoms with E-state index in [0.717, 1.165) is 18.5 Å². The summed E-state index contributed by atoms with van der Waals surface area (Å²) in [7, 11) is 0. The quantitative estimate of drug-likeness (QED) is 0.0241. The summed E-state index contributed by atoms with van der Waals surface area (Å²) in [6, 6.07) is -0.491. The minimum absolute atomic E-state index is 0.000350. The predicted molar refractivity (Wildman–Crippen MR) is 229 cm³/mol. The summed E-state index contributed by atoms with van der Waals surface area (Å²) in [6.07, 6.45) is 10.8. The standard InChI is InChI=1S/C39H63N17O6/c1-5-19-60-21-23-62-24-22-61-20-10-43-37-44-38(53-15-11-51(12-16-53)33(58)28-55-26-32(48-49-55)25-30(4)57)46-39(45-37)54-17-13-52(14-18-54)35(59)34(29(3)6-2)56-27-31(47-50-56)8-7-9-42-36(40)41/h1,26-27,29-30,34,57H,6-25,28H2,2-4H3,(H4,40,41,42)(H,43,44,45,46)/p+1/t29-,30?,34-/m0/s1. The van der Waals surface area contributed by atoms with Crippen molar-refractivity contribution in [3.05, 3.63) is 23.8 Å². The Bertz CT molecular complexity index is 1900. The van der Waals surface area contributed by atoms with Gasteiger partial charge < -0.3 is 44.2 Å². The van der Waals surface area contributed by atoms with Crippen molar-refractivity contribution in [2.75, 3.05) is 120 Å². The number of terminal acetylenes is 1. The molecule has 3 atom stereocenters. The van der Waals surface area contributed by atoms with Crippen LogP contribution in [0, 0.1) is 18.3 Å². The number of hydrogen-bond acceptors (Lipinski definition) is 16. The molecular weight excluding hydrogens is 803 g/mol. The highest BCUT2D eigenvalue weighted by molar-refractivity contribution is 5.81. The fraction of sp³-hybridized carbons (Fsp3) is 0.692. The largest absolute Gasteiger partial charge is 0.393 e. The number of carbonyl (C=O) groups is 2. The Balaban J connectivity index is 1.20. The Morgan fingerprint density at radius 3 is 2.13 bits per heavy atom. The zero-order valence-corrected chi connectivity index (χ0v) is 36.3. The maximum atomic E-state index is 14.1. The van der Waals surface area contributed by atoms with E-state index in [0.29, 0.717) is 135 Å². The second-order valence-electron chi connectivity index (χ2n) is 15.3. The first-order chi connectivity index (χ1) is 30.0. The van der Waals surface area contributed by atoms with E-state index in [1.54, 1.807) is 22.7 Å². The summed E-state index contributed by atoms with van der Waals surface area (Å²) in [5.41, 5.74) is 12.4. The number of ether oxygens (including phenoxy) is 3. The number of anilines is 3. The van der Waals surface area contributed by atoms with Crippen LogP contribution in [0.2, 0.25) is 0 Å². The molecule has 2 amide bonds. The van der Waals surface area contributed by atoms with E-state index in [-0.39, 0.29) is 36.8 Å². The summed E-state index contributed by atoms with van der Waals surface area (Å²) in [4.78, 5) is 52.5. The van der Waals surface area contributed by atoms with Gasteiger partial charge in [-0.15, -0.1) is 16.6 Å². The van der Waals surface area contributed by atoms with Crippen molar-refractivity contribution in [1.82, 2.24) is 54.7 Å². The summed E-state index contributed by atoms with van der Waals surface area (Å²) >= 11 is 0. The van der Waals surface area contributed by atoms with Gasteiger partial charge in [0.1, 0.15) is 19.2 Å². The molecule has 3 aromatic rings. The number of amides is 2. The smallest absolute Gasteiger partial charge is 0.338 e. The normalized spacial score (nSPS) is 15.9. The van der Waals surface area contributed by atoms with Crippen molar-refractivity contribution in [3.63, 3.8) is 0 Å². The predicted octanol–water partition coefficient (Wildman–Crippen LogP) is -3.36. The van der Waals surface area contributed by atoms with Crippen molar-refractivity contribution < 1.29 is 33.9 Å². The second-order valence-corrected chi connectivity index (χ2v) is 15.3. The van der Waals surface area contributed by atoms with Gasteiger partial charge in [-0.3, -0.25) is 26.0 Å². The van der Waals surface area contributed by atoms with Gasteiger partial charge in [-0.05, 0) is 25.7 Å². The van der Waals surface area contributed by atoms with Gasteiger partial charge in [-0.25, -0.2) is 9.36 Å². The van der Waals surface area contributed by atoms with Crippen LogP contribution in [-0.2, 0) is 43.2 Å². The van der Waals surface area contributed by atoms with Crippen molar-refractivity contribution in [3.8, 4) is 12.3 Å². The number of carbonyl (C=O) groups excluding carboxylic acids is 2. The lowest BCUT2D eigenvalue weighted by molar-refractivity contribution is -0.459. The Morgan fingerprint density at radius 2 is 1.50 bits per heavy atom. The average molecular weight is 867 g/mol. The number of nitrogens with two attached hydrogens (primary N) is 2. The third-order valence-electron chi connectivity index (χ3n) is 10.5. The molecule has 2 fully saturated rings. The number of piperazine rings is 2. The van der Waals surface area contributed by atoms with Gasteiger partial charge in [0.25, 0.3) is 0 Å². The molecule has 0 aliphatic carbocycles. The van der Waals surface area contributed by atoms with Crippen LogP contribution in [0.3, 0.4) is 0 Å². The van der Waals surface area contributed by atoms with E-state index in [4.69, 9.17) is 47.1 Å². The minimum atomic E-state index is -0.548. The lowest BCUT2D eigenvalue weighted by Crippen LogP contribution is -2.78. The topological polar surface area (TPSA) is 273 Å². The number of rotatable bonds is 25. The highest BCUT2D eigenvalue weighted by Crippen LogP contribution is 2.25. The first kappa shape index (κ1) is 47.4. The summed E-state index contributed by atoms with van der Waals surface area (Å²) in [5, 5.41) is 29.8. The molecule has 0 radical (unpaired) electrons. The fourth-order valence-corrected chi connectivity index (χ4v) is 6.95. The number of aliphatic hydroxyl groups excluding tert-OH is 1. The third kappa shape index (κ3) is 14.7. The van der Waals surface area contributed by atoms with Gasteiger partial charge in [0.05, 0.1) is 57.1 Å². The van der Waals surface area contributed by atoms with Crippen molar-refractivity contribution >= 4 is 35.6 Å². The van der Waals surface area contributed by atoms with Gasteiger partial charge in [0, 0.05) is 77.7 Å². The Morgan fingerprint density at radius 1 is 0.871 bits per heavy atom. The molecule has 23 nitrogen and oxygen atoms in total. The first-order valence-corrected chi connectivity index (χ1v) is 21.4. The number of aryl methyl sites for hydroxylation is 1. The van der Waals surface area contributed by atoms with E-state index in [1.807, 2.05) is 16.0 Å². The lowest BCUT2D eigenvalue weighted by Gasteiger charge is -2.38. The van der Waals surface area contributed by atoms with Gasteiger partial charge in [0.2, 0.25) is 29.7 Å². The van der Waals surface area contributed by atoms with E-state index >= 15 is 0 Å². The lowest BCUT2D eigenvalue weighted by atomic mass is 9.97. The summed E-state index contributed by atoms with van der Waals surface area (Å²) in [6.45, 7) is 13.2. The second kappa shape index (κ2) is 24.7. The molecule has 2 aliphatic heterocycles. The molecule has 23 heteroatoms. The molecule has 0 saturated carbocycles. The summed E-state index contributed by atoms with van der Waals surface area (Å²) < 4.78 is 19.7. The number of aliphatic hydroxyl groups is 1. The van der Waals surface area contributed by atoms with Crippen LogP contribution < -0.4 is 31.6 Å². The van der Waals surface area contributed by atoms with E-state index < -0.39 is 12.1 Å². The monoisotopic (exact) mass is 867 g/mol. The molecule has 5 rings (SSSR count). The van der Waals surface area contributed by atoms with Crippen molar-refractivity contribution in [2.45, 2.75) is 65.1 Å². The molecule has 5 heterocycles. The van der Waals surface area contributed by atoms with Gasteiger partial charge in [0.15, 0.2) is 0 Å². The minimum Gasteiger partial charge on any atom is -0.393 e. The average Bonchev–Trinajstić information content (AvgIpc) is 3.93. The molecule has 3 aromatic heterocycles. The molecule has 7 N–H and O–H groups in total. The van der Waals surface area contributed by atoms with Crippen LogP contribution >= 0.6 is 0 Å². The summed E-state index contributed by atoms with van der Waals surface area (Å²) in [5.74, 6) is 3.93. The number of hydrogen-bond donors (Lipinski definition) is 5. The highest BCUT2D eigenvalue weighted by Gasteiger charge is 2.34.